The minimum atomic E-state index is -3.02. The lowest BCUT2D eigenvalue weighted by Gasteiger charge is -2.16. The third kappa shape index (κ3) is 4.23. The minimum Gasteiger partial charge on any atom is -0.490 e. The summed E-state index contributed by atoms with van der Waals surface area (Å²) < 4.78 is 34.2. The van der Waals surface area contributed by atoms with Crippen molar-refractivity contribution in [3.63, 3.8) is 0 Å². The summed E-state index contributed by atoms with van der Waals surface area (Å²) in [5.41, 5.74) is 0.426. The zero-order valence-corrected chi connectivity index (χ0v) is 13.7. The molecule has 6 nitrogen and oxygen atoms in total. The molecular formula is C16H21NO5S. The first-order valence-electron chi connectivity index (χ1n) is 7.88. The molecule has 126 valence electrons. The van der Waals surface area contributed by atoms with Crippen LogP contribution in [0.2, 0.25) is 0 Å². The Bertz CT molecular complexity index is 667. The molecule has 1 amide bonds. The Morgan fingerprint density at radius 2 is 2.13 bits per heavy atom. The second kappa shape index (κ2) is 6.88. The first-order chi connectivity index (χ1) is 11.0. The molecule has 0 bridgehead atoms. The minimum absolute atomic E-state index is 0.0116. The predicted octanol–water partition coefficient (Wildman–Crippen LogP) is 1.16. The molecule has 1 aromatic rings. The number of carbonyl (C=O) groups is 1. The number of para-hydroxylation sites is 1. The van der Waals surface area contributed by atoms with Gasteiger partial charge in [0, 0.05) is 12.6 Å². The third-order valence-corrected chi connectivity index (χ3v) is 5.92. The van der Waals surface area contributed by atoms with Gasteiger partial charge < -0.3 is 14.8 Å². The quantitative estimate of drug-likeness (QED) is 0.871. The average molecular weight is 339 g/mol. The Morgan fingerprint density at radius 3 is 2.83 bits per heavy atom. The van der Waals surface area contributed by atoms with Crippen molar-refractivity contribution >= 4 is 15.7 Å². The Balaban J connectivity index is 1.63. The van der Waals surface area contributed by atoms with Crippen molar-refractivity contribution in [2.24, 2.45) is 0 Å². The molecule has 2 aliphatic rings. The van der Waals surface area contributed by atoms with E-state index in [9.17, 15) is 13.2 Å². The summed E-state index contributed by atoms with van der Waals surface area (Å²) in [5, 5.41) is 2.79. The summed E-state index contributed by atoms with van der Waals surface area (Å²) in [6.45, 7) is 1.18. The van der Waals surface area contributed by atoms with Gasteiger partial charge in [0.2, 0.25) is 0 Å². The lowest BCUT2D eigenvalue weighted by Crippen LogP contribution is -2.35. The van der Waals surface area contributed by atoms with Crippen molar-refractivity contribution in [2.75, 3.05) is 24.7 Å². The van der Waals surface area contributed by atoms with E-state index >= 15 is 0 Å². The summed E-state index contributed by atoms with van der Waals surface area (Å²) in [5.74, 6) is 0.351. The van der Waals surface area contributed by atoms with Crippen LogP contribution in [0.1, 0.15) is 29.6 Å². The highest BCUT2D eigenvalue weighted by Crippen LogP contribution is 2.21. The van der Waals surface area contributed by atoms with E-state index in [1.165, 1.54) is 0 Å². The maximum Gasteiger partial charge on any atom is 0.255 e. The molecule has 1 N–H and O–H groups in total. The van der Waals surface area contributed by atoms with Gasteiger partial charge in [-0.1, -0.05) is 12.1 Å². The van der Waals surface area contributed by atoms with E-state index in [2.05, 4.69) is 5.32 Å². The van der Waals surface area contributed by atoms with Gasteiger partial charge >= 0.3 is 0 Å². The summed E-state index contributed by atoms with van der Waals surface area (Å²) in [4.78, 5) is 12.4. The normalized spacial score (nSPS) is 26.1. The van der Waals surface area contributed by atoms with Gasteiger partial charge in [0.25, 0.3) is 5.91 Å². The number of ether oxygens (including phenoxy) is 2. The fourth-order valence-electron chi connectivity index (χ4n) is 2.91. The first kappa shape index (κ1) is 16.3. The highest BCUT2D eigenvalue weighted by molar-refractivity contribution is 7.91. The van der Waals surface area contributed by atoms with Gasteiger partial charge in [-0.15, -0.1) is 0 Å². The second-order valence-corrected chi connectivity index (χ2v) is 8.24. The third-order valence-electron chi connectivity index (χ3n) is 4.15. The van der Waals surface area contributed by atoms with Gasteiger partial charge in [-0.05, 0) is 31.4 Å². The molecule has 2 aliphatic heterocycles. The molecule has 1 aromatic carbocycles. The Morgan fingerprint density at radius 1 is 1.30 bits per heavy atom. The van der Waals surface area contributed by atoms with Crippen LogP contribution in [0.5, 0.6) is 5.75 Å². The summed E-state index contributed by atoms with van der Waals surface area (Å²) in [6, 6.07) is 6.68. The number of hydrogen-bond donors (Lipinski definition) is 1. The predicted molar refractivity (Wildman–Crippen MR) is 85.4 cm³/mol. The van der Waals surface area contributed by atoms with E-state index in [4.69, 9.17) is 9.47 Å². The lowest BCUT2D eigenvalue weighted by atomic mass is 10.1. The van der Waals surface area contributed by atoms with Gasteiger partial charge in [0.1, 0.15) is 12.4 Å². The van der Waals surface area contributed by atoms with E-state index < -0.39 is 9.84 Å². The van der Waals surface area contributed by atoms with Crippen molar-refractivity contribution in [3.05, 3.63) is 29.8 Å². The molecule has 2 atom stereocenters. The van der Waals surface area contributed by atoms with Gasteiger partial charge in [-0.3, -0.25) is 4.79 Å². The Hall–Kier alpha value is -1.60. The number of sulfone groups is 1. The van der Waals surface area contributed by atoms with Crippen molar-refractivity contribution in [3.8, 4) is 5.75 Å². The molecule has 2 saturated heterocycles. The fourth-order valence-corrected chi connectivity index (χ4v) is 4.58. The van der Waals surface area contributed by atoms with Crippen LogP contribution in [-0.4, -0.2) is 51.2 Å². The molecule has 0 aliphatic carbocycles. The molecule has 0 unspecified atom stereocenters. The SMILES string of the molecule is O=C(N[C@H]1CCS(=O)(=O)C1)c1ccccc1OC[C@@H]1CCCO1. The van der Waals surface area contributed by atoms with Crippen LogP contribution in [0, 0.1) is 0 Å². The van der Waals surface area contributed by atoms with Crippen LogP contribution in [0.3, 0.4) is 0 Å². The molecule has 2 fully saturated rings. The lowest BCUT2D eigenvalue weighted by molar-refractivity contribution is 0.0670. The topological polar surface area (TPSA) is 81.7 Å². The van der Waals surface area contributed by atoms with E-state index in [-0.39, 0.29) is 29.6 Å². The van der Waals surface area contributed by atoms with E-state index in [0.717, 1.165) is 19.4 Å². The highest BCUT2D eigenvalue weighted by Gasteiger charge is 2.29. The zero-order chi connectivity index (χ0) is 16.3. The monoisotopic (exact) mass is 339 g/mol. The number of hydrogen-bond acceptors (Lipinski definition) is 5. The molecule has 0 spiro atoms. The Kier molecular flexibility index (Phi) is 4.87. The molecular weight excluding hydrogens is 318 g/mol. The van der Waals surface area contributed by atoms with E-state index in [1.54, 1.807) is 18.2 Å². The molecule has 0 aromatic heterocycles. The van der Waals surface area contributed by atoms with Crippen LogP contribution < -0.4 is 10.1 Å². The largest absolute Gasteiger partial charge is 0.490 e. The maximum absolute atomic E-state index is 12.4. The van der Waals surface area contributed by atoms with E-state index in [0.29, 0.717) is 24.3 Å². The summed E-state index contributed by atoms with van der Waals surface area (Å²) >= 11 is 0. The van der Waals surface area contributed by atoms with Gasteiger partial charge in [0.05, 0.1) is 23.2 Å². The molecule has 7 heteroatoms. The van der Waals surface area contributed by atoms with Crippen LogP contribution in [0.25, 0.3) is 0 Å². The summed E-state index contributed by atoms with van der Waals surface area (Å²) in [6.07, 6.45) is 2.54. The van der Waals surface area contributed by atoms with Gasteiger partial charge in [0.15, 0.2) is 9.84 Å². The smallest absolute Gasteiger partial charge is 0.255 e. The highest BCUT2D eigenvalue weighted by atomic mass is 32.2. The first-order valence-corrected chi connectivity index (χ1v) is 9.70. The van der Waals surface area contributed by atoms with Crippen LogP contribution in [0.15, 0.2) is 24.3 Å². The molecule has 0 saturated carbocycles. The number of rotatable bonds is 5. The van der Waals surface area contributed by atoms with Crippen LogP contribution in [0.4, 0.5) is 0 Å². The average Bonchev–Trinajstić information content (AvgIpc) is 3.15. The molecule has 3 rings (SSSR count). The van der Waals surface area contributed by atoms with Gasteiger partial charge in [-0.2, -0.15) is 0 Å². The second-order valence-electron chi connectivity index (χ2n) is 6.02. The maximum atomic E-state index is 12.4. The van der Waals surface area contributed by atoms with Gasteiger partial charge in [-0.25, -0.2) is 8.42 Å². The standard InChI is InChI=1S/C16H21NO5S/c18-16(17-12-7-9-23(19,20)11-12)14-5-1-2-6-15(14)22-10-13-4-3-8-21-13/h1-2,5-6,12-13H,3-4,7-11H2,(H,17,18)/t12-,13-/m0/s1. The molecule has 2 heterocycles. The fraction of sp³-hybridized carbons (Fsp3) is 0.562. The zero-order valence-electron chi connectivity index (χ0n) is 12.9. The van der Waals surface area contributed by atoms with Crippen LogP contribution >= 0.6 is 0 Å². The van der Waals surface area contributed by atoms with Crippen molar-refractivity contribution in [1.29, 1.82) is 0 Å². The molecule has 23 heavy (non-hydrogen) atoms. The van der Waals surface area contributed by atoms with Crippen molar-refractivity contribution < 1.29 is 22.7 Å². The number of nitrogens with one attached hydrogen (secondary N) is 1. The van der Waals surface area contributed by atoms with E-state index in [1.807, 2.05) is 6.07 Å². The van der Waals surface area contributed by atoms with Crippen LogP contribution in [-0.2, 0) is 14.6 Å². The van der Waals surface area contributed by atoms with Crippen molar-refractivity contribution in [2.45, 2.75) is 31.4 Å². The molecule has 0 radical (unpaired) electrons. The number of benzene rings is 1. The Labute approximate surface area is 136 Å². The number of carbonyl (C=O) groups excluding carboxylic acids is 1. The number of amides is 1. The van der Waals surface area contributed by atoms with Crippen molar-refractivity contribution in [1.82, 2.24) is 5.32 Å². The summed E-state index contributed by atoms with van der Waals surface area (Å²) in [7, 11) is -3.02.